The molecule has 2 aromatic rings. The van der Waals surface area contributed by atoms with Crippen LogP contribution in [-0.4, -0.2) is 60.9 Å². The van der Waals surface area contributed by atoms with E-state index in [1.807, 2.05) is 32.0 Å². The van der Waals surface area contributed by atoms with Crippen LogP contribution < -0.4 is 19.7 Å². The summed E-state index contributed by atoms with van der Waals surface area (Å²) in [5.41, 5.74) is 3.47. The van der Waals surface area contributed by atoms with E-state index in [2.05, 4.69) is 43.6 Å². The molecule has 258 valence electrons. The maximum Gasteiger partial charge on any atom is 0.327 e. The number of fused-ring (bicyclic) bond motifs is 4. The Morgan fingerprint density at radius 2 is 2.02 bits per heavy atom. The minimum absolute atomic E-state index is 0.0375. The number of methoxy groups -OCH3 is 1. The number of carbonyl (C=O) groups excluding carboxylic acids is 2. The molecule has 7 rings (SSSR count). The van der Waals surface area contributed by atoms with Crippen molar-refractivity contribution in [3.63, 3.8) is 0 Å². The van der Waals surface area contributed by atoms with Crippen LogP contribution in [0.2, 0.25) is 5.02 Å². The molecule has 9 nitrogen and oxygen atoms in total. The van der Waals surface area contributed by atoms with Gasteiger partial charge in [-0.05, 0) is 110 Å². The third-order valence-corrected chi connectivity index (χ3v) is 13.4. The molecule has 2 fully saturated rings. The smallest absolute Gasteiger partial charge is 0.327 e. The van der Waals surface area contributed by atoms with Crippen LogP contribution >= 0.6 is 11.6 Å². The van der Waals surface area contributed by atoms with E-state index in [1.54, 1.807) is 13.2 Å². The number of allylic oxidation sites excluding steroid dienone is 1. The quantitative estimate of drug-likeness (QED) is 0.347. The van der Waals surface area contributed by atoms with E-state index in [-0.39, 0.29) is 29.2 Å². The SMILES string of the molecule is CO[C@H]1/C=C/C[C@H](C)C[S@@](=O)(NC(=O)N[C@H]2C[C@H]2C)=NC(=O)c2ccc3c(c2)N(C[C@@H]2CC[C@H]21)C[C@@]1(CCCc2cc(Cl)ccc21)CO3. The molecule has 3 amide bonds. The van der Waals surface area contributed by atoms with Crippen LogP contribution in [0.5, 0.6) is 5.75 Å². The van der Waals surface area contributed by atoms with Gasteiger partial charge in [0.15, 0.2) is 0 Å². The molecular formula is C37H47ClN4O5S. The van der Waals surface area contributed by atoms with Gasteiger partial charge in [0.25, 0.3) is 5.91 Å². The van der Waals surface area contributed by atoms with Gasteiger partial charge in [-0.15, -0.1) is 4.36 Å². The molecule has 0 unspecified atom stereocenters. The van der Waals surface area contributed by atoms with E-state index >= 15 is 0 Å². The first-order valence-electron chi connectivity index (χ1n) is 17.4. The second kappa shape index (κ2) is 13.3. The van der Waals surface area contributed by atoms with E-state index in [0.717, 1.165) is 68.1 Å². The molecule has 2 heterocycles. The molecular weight excluding hydrogens is 648 g/mol. The van der Waals surface area contributed by atoms with E-state index in [1.165, 1.54) is 11.1 Å². The molecule has 48 heavy (non-hydrogen) atoms. The first-order chi connectivity index (χ1) is 23.0. The van der Waals surface area contributed by atoms with Crippen molar-refractivity contribution in [2.24, 2.45) is 28.0 Å². The Hall–Kier alpha value is -3.08. The Bertz CT molecular complexity index is 1740. The number of hydrogen-bond acceptors (Lipinski definition) is 6. The highest BCUT2D eigenvalue weighted by Crippen LogP contribution is 2.47. The number of carbonyl (C=O) groups is 2. The maximum atomic E-state index is 14.3. The predicted molar refractivity (Wildman–Crippen MR) is 189 cm³/mol. The van der Waals surface area contributed by atoms with E-state index < -0.39 is 21.9 Å². The summed E-state index contributed by atoms with van der Waals surface area (Å²) < 4.78 is 33.8. The Labute approximate surface area is 289 Å². The zero-order valence-electron chi connectivity index (χ0n) is 28.1. The number of anilines is 1. The van der Waals surface area contributed by atoms with Crippen molar-refractivity contribution in [3.05, 3.63) is 70.3 Å². The van der Waals surface area contributed by atoms with Crippen LogP contribution in [0.4, 0.5) is 10.5 Å². The molecule has 2 aliphatic heterocycles. The molecule has 11 heteroatoms. The van der Waals surface area contributed by atoms with Gasteiger partial charge in [0.05, 0.1) is 24.2 Å². The molecule has 8 atom stereocenters. The van der Waals surface area contributed by atoms with Gasteiger partial charge in [0.1, 0.15) is 15.7 Å². The van der Waals surface area contributed by atoms with Gasteiger partial charge in [-0.3, -0.25) is 9.52 Å². The van der Waals surface area contributed by atoms with Gasteiger partial charge in [-0.1, -0.05) is 43.7 Å². The number of amides is 3. The summed E-state index contributed by atoms with van der Waals surface area (Å²) >= 11 is 6.44. The number of nitrogens with one attached hydrogen (secondary N) is 2. The van der Waals surface area contributed by atoms with Crippen molar-refractivity contribution < 1.29 is 23.3 Å². The second-order valence-corrected chi connectivity index (χ2v) is 17.3. The summed E-state index contributed by atoms with van der Waals surface area (Å²) in [6.07, 6.45) is 10.9. The van der Waals surface area contributed by atoms with Crippen molar-refractivity contribution in [2.45, 2.75) is 76.4 Å². The summed E-state index contributed by atoms with van der Waals surface area (Å²) in [4.78, 5) is 29.2. The van der Waals surface area contributed by atoms with Crippen LogP contribution in [0.15, 0.2) is 52.9 Å². The molecule has 2 aromatic carbocycles. The first kappa shape index (κ1) is 33.4. The van der Waals surface area contributed by atoms with Crippen LogP contribution in [0, 0.1) is 23.7 Å². The van der Waals surface area contributed by atoms with Gasteiger partial charge in [-0.2, -0.15) is 0 Å². The standard InChI is InChI=1S/C37H47ClN4O5S/c1-23-6-4-8-33(46-3)29-12-9-27(29)19-42-21-37(15-5-7-25-17-28(38)11-13-30(25)37)22-47-34-14-10-26(18-32(34)42)35(43)40-48(45,20-23)41-36(44)39-31-16-24(31)2/h4,8,10-11,13-14,17-18,23-24,27,29,31,33H,5-7,9,12,15-16,19-22H2,1-3H3,(H2,39,40,41,43,44,45)/b8-4+/t23-,24+,27-,29+,31-,33-,37-,48-/m0/s1. The number of hydrogen-bond donors (Lipinski definition) is 2. The molecule has 2 saturated carbocycles. The van der Waals surface area contributed by atoms with Gasteiger partial charge in [-0.25, -0.2) is 9.00 Å². The highest BCUT2D eigenvalue weighted by Gasteiger charge is 2.44. The molecule has 1 spiro atoms. The summed E-state index contributed by atoms with van der Waals surface area (Å²) in [5.74, 6) is 1.18. The van der Waals surface area contributed by atoms with E-state index in [9.17, 15) is 13.8 Å². The van der Waals surface area contributed by atoms with Crippen molar-refractivity contribution in [1.29, 1.82) is 0 Å². The molecule has 2 bridgehead atoms. The lowest BCUT2D eigenvalue weighted by Gasteiger charge is -2.46. The number of urea groups is 1. The Morgan fingerprint density at radius 3 is 2.77 bits per heavy atom. The zero-order valence-corrected chi connectivity index (χ0v) is 29.7. The zero-order chi connectivity index (χ0) is 33.6. The lowest BCUT2D eigenvalue weighted by Crippen LogP contribution is -2.49. The molecule has 5 aliphatic rings. The summed E-state index contributed by atoms with van der Waals surface area (Å²) in [6, 6.07) is 11.1. The minimum Gasteiger partial charge on any atom is -0.490 e. The monoisotopic (exact) mass is 694 g/mol. The second-order valence-electron chi connectivity index (χ2n) is 14.9. The molecule has 0 radical (unpaired) electrons. The average molecular weight is 695 g/mol. The number of rotatable bonds is 3. The Balaban J connectivity index is 1.28. The molecule has 3 aliphatic carbocycles. The number of nitrogens with zero attached hydrogens (tertiary/aromatic N) is 2. The predicted octanol–water partition coefficient (Wildman–Crippen LogP) is 6.68. The third kappa shape index (κ3) is 6.85. The van der Waals surface area contributed by atoms with Gasteiger partial charge < -0.3 is 19.7 Å². The normalized spacial score (nSPS) is 35.1. The van der Waals surface area contributed by atoms with Crippen molar-refractivity contribution in [2.75, 3.05) is 37.5 Å². The lowest BCUT2D eigenvalue weighted by molar-refractivity contribution is 0.0131. The number of aryl methyl sites for hydroxylation is 1. The van der Waals surface area contributed by atoms with Gasteiger partial charge in [0, 0.05) is 42.2 Å². The summed E-state index contributed by atoms with van der Waals surface area (Å²) in [7, 11) is -1.66. The lowest BCUT2D eigenvalue weighted by atomic mass is 9.68. The van der Waals surface area contributed by atoms with Crippen LogP contribution in [0.1, 0.15) is 73.9 Å². The van der Waals surface area contributed by atoms with Crippen LogP contribution in [-0.2, 0) is 26.5 Å². The van der Waals surface area contributed by atoms with E-state index in [4.69, 9.17) is 21.1 Å². The molecule has 0 aromatic heterocycles. The number of ether oxygens (including phenoxy) is 2. The number of benzene rings is 2. The average Bonchev–Trinajstić information content (AvgIpc) is 3.75. The third-order valence-electron chi connectivity index (χ3n) is 11.2. The largest absolute Gasteiger partial charge is 0.490 e. The van der Waals surface area contributed by atoms with E-state index in [0.29, 0.717) is 36.3 Å². The first-order valence-corrected chi connectivity index (χ1v) is 19.5. The maximum absolute atomic E-state index is 14.3. The minimum atomic E-state index is -3.44. The van der Waals surface area contributed by atoms with Crippen molar-refractivity contribution >= 4 is 39.1 Å². The van der Waals surface area contributed by atoms with Crippen molar-refractivity contribution in [1.82, 2.24) is 10.0 Å². The fourth-order valence-electron chi connectivity index (χ4n) is 8.23. The fraction of sp³-hybridized carbons (Fsp3) is 0.568. The fourth-order valence-corrected chi connectivity index (χ4v) is 10.3. The molecule has 2 N–H and O–H groups in total. The van der Waals surface area contributed by atoms with Crippen LogP contribution in [0.3, 0.4) is 0 Å². The topological polar surface area (TPSA) is 109 Å². The van der Waals surface area contributed by atoms with Crippen LogP contribution in [0.25, 0.3) is 0 Å². The molecule has 0 saturated heterocycles. The number of halogens is 1. The Morgan fingerprint density at radius 1 is 1.19 bits per heavy atom. The highest BCUT2D eigenvalue weighted by atomic mass is 35.5. The van der Waals surface area contributed by atoms with Gasteiger partial charge >= 0.3 is 6.03 Å². The van der Waals surface area contributed by atoms with Gasteiger partial charge in [0.2, 0.25) is 0 Å². The Kier molecular flexibility index (Phi) is 9.28. The highest BCUT2D eigenvalue weighted by molar-refractivity contribution is 7.92. The van der Waals surface area contributed by atoms with Crippen molar-refractivity contribution in [3.8, 4) is 5.75 Å². The summed E-state index contributed by atoms with van der Waals surface area (Å²) in [6.45, 7) is 6.06. The summed E-state index contributed by atoms with van der Waals surface area (Å²) in [5, 5.41) is 3.62.